The lowest BCUT2D eigenvalue weighted by molar-refractivity contribution is -0.124. The van der Waals surface area contributed by atoms with Gasteiger partial charge >= 0.3 is 0 Å². The van der Waals surface area contributed by atoms with Crippen molar-refractivity contribution in [2.75, 3.05) is 5.75 Å². The summed E-state index contributed by atoms with van der Waals surface area (Å²) in [4.78, 5) is 12.9. The molecule has 0 radical (unpaired) electrons. The number of amides is 1. The van der Waals surface area contributed by atoms with Gasteiger partial charge in [-0.05, 0) is 74.5 Å². The van der Waals surface area contributed by atoms with Gasteiger partial charge in [0.2, 0.25) is 5.91 Å². The Morgan fingerprint density at radius 1 is 1.09 bits per heavy atom. The molecule has 0 saturated heterocycles. The lowest BCUT2D eigenvalue weighted by atomic mass is 9.53. The fraction of sp³-hybridized carbons (Fsp3) is 0.611. The van der Waals surface area contributed by atoms with Crippen LogP contribution in [0.5, 0.6) is 0 Å². The Kier molecular flexibility index (Phi) is 3.87. The van der Waals surface area contributed by atoms with Gasteiger partial charge in [-0.15, -0.1) is 11.8 Å². The smallest absolute Gasteiger partial charge is 0.230 e. The molecule has 1 N–H and O–H groups in total. The zero-order valence-corrected chi connectivity index (χ0v) is 13.8. The number of halogens is 2. The van der Waals surface area contributed by atoms with Crippen LogP contribution >= 0.6 is 11.8 Å². The first-order valence-electron chi connectivity index (χ1n) is 8.40. The van der Waals surface area contributed by atoms with E-state index >= 15 is 0 Å². The van der Waals surface area contributed by atoms with Crippen molar-refractivity contribution in [3.63, 3.8) is 0 Å². The molecule has 4 fully saturated rings. The summed E-state index contributed by atoms with van der Waals surface area (Å²) in [5, 5.41) is 3.29. The quantitative estimate of drug-likeness (QED) is 0.837. The standard InChI is InChI=1S/C18H21F2NOS/c19-15-2-1-14(6-16(15)20)23-10-17(22)21-18-7-11-3-12(8-18)5-13(4-11)9-18/h1-2,6,11-13H,3-5,7-10H2,(H,21,22). The third-order valence-electron chi connectivity index (χ3n) is 5.70. The molecule has 1 aromatic carbocycles. The number of carbonyl (C=O) groups excluding carboxylic acids is 1. The first-order valence-corrected chi connectivity index (χ1v) is 9.39. The van der Waals surface area contributed by atoms with Gasteiger partial charge in [-0.2, -0.15) is 0 Å². The lowest BCUT2D eigenvalue weighted by Gasteiger charge is -2.56. The number of hydrogen-bond acceptors (Lipinski definition) is 2. The Labute approximate surface area is 139 Å². The predicted molar refractivity (Wildman–Crippen MR) is 86.1 cm³/mol. The monoisotopic (exact) mass is 337 g/mol. The largest absolute Gasteiger partial charge is 0.350 e. The first kappa shape index (κ1) is 15.4. The summed E-state index contributed by atoms with van der Waals surface area (Å²) < 4.78 is 26.1. The van der Waals surface area contributed by atoms with Gasteiger partial charge in [0.25, 0.3) is 0 Å². The van der Waals surface area contributed by atoms with Crippen LogP contribution in [0.15, 0.2) is 23.1 Å². The fourth-order valence-electron chi connectivity index (χ4n) is 5.31. The summed E-state index contributed by atoms with van der Waals surface area (Å²) in [7, 11) is 0. The van der Waals surface area contributed by atoms with Gasteiger partial charge in [-0.25, -0.2) is 8.78 Å². The molecule has 23 heavy (non-hydrogen) atoms. The van der Waals surface area contributed by atoms with E-state index in [4.69, 9.17) is 0 Å². The van der Waals surface area contributed by atoms with E-state index in [-0.39, 0.29) is 17.2 Å². The van der Waals surface area contributed by atoms with E-state index < -0.39 is 11.6 Å². The number of rotatable bonds is 4. The van der Waals surface area contributed by atoms with Crippen LogP contribution < -0.4 is 5.32 Å². The molecule has 124 valence electrons. The number of thioether (sulfide) groups is 1. The summed E-state index contributed by atoms with van der Waals surface area (Å²) in [5.41, 5.74) is 0.0143. The van der Waals surface area contributed by atoms with E-state index in [2.05, 4.69) is 5.32 Å². The van der Waals surface area contributed by atoms with Crippen molar-refractivity contribution in [1.82, 2.24) is 5.32 Å². The molecule has 1 aromatic rings. The van der Waals surface area contributed by atoms with Crippen LogP contribution in [0.25, 0.3) is 0 Å². The minimum atomic E-state index is -0.864. The van der Waals surface area contributed by atoms with E-state index in [0.29, 0.717) is 4.90 Å². The molecule has 0 atom stereocenters. The van der Waals surface area contributed by atoms with Crippen LogP contribution in [-0.4, -0.2) is 17.2 Å². The van der Waals surface area contributed by atoms with Crippen molar-refractivity contribution in [3.8, 4) is 0 Å². The molecule has 0 heterocycles. The number of benzene rings is 1. The van der Waals surface area contributed by atoms with Crippen LogP contribution in [0.4, 0.5) is 8.78 Å². The van der Waals surface area contributed by atoms with Crippen LogP contribution in [0.1, 0.15) is 38.5 Å². The van der Waals surface area contributed by atoms with E-state index in [9.17, 15) is 13.6 Å². The second-order valence-corrected chi connectivity index (χ2v) is 8.66. The molecule has 0 unspecified atom stereocenters. The normalized spacial score (nSPS) is 34.6. The van der Waals surface area contributed by atoms with Crippen LogP contribution in [0.2, 0.25) is 0 Å². The summed E-state index contributed by atoms with van der Waals surface area (Å²) >= 11 is 1.26. The summed E-state index contributed by atoms with van der Waals surface area (Å²) in [5.74, 6) is 0.930. The van der Waals surface area contributed by atoms with Gasteiger partial charge < -0.3 is 5.32 Å². The Hall–Kier alpha value is -1.10. The van der Waals surface area contributed by atoms with Crippen LogP contribution in [0.3, 0.4) is 0 Å². The molecule has 4 aliphatic rings. The predicted octanol–water partition coefficient (Wildman–Crippen LogP) is 4.14. The fourth-order valence-corrected chi connectivity index (χ4v) is 6.03. The van der Waals surface area contributed by atoms with Crippen LogP contribution in [-0.2, 0) is 4.79 Å². The van der Waals surface area contributed by atoms with Gasteiger partial charge in [0.1, 0.15) is 0 Å². The maximum atomic E-state index is 13.2. The number of nitrogens with one attached hydrogen (secondary N) is 1. The zero-order valence-electron chi connectivity index (χ0n) is 13.0. The van der Waals surface area contributed by atoms with Crippen LogP contribution in [0, 0.1) is 29.4 Å². The van der Waals surface area contributed by atoms with Gasteiger partial charge in [0, 0.05) is 10.4 Å². The van der Waals surface area contributed by atoms with Crippen molar-refractivity contribution in [2.45, 2.75) is 49.0 Å². The Morgan fingerprint density at radius 2 is 1.70 bits per heavy atom. The third kappa shape index (κ3) is 3.12. The molecule has 1 amide bonds. The topological polar surface area (TPSA) is 29.1 Å². The molecule has 0 aliphatic heterocycles. The average Bonchev–Trinajstić information content (AvgIpc) is 2.46. The molecule has 4 aliphatic carbocycles. The summed E-state index contributed by atoms with van der Waals surface area (Å²) in [6, 6.07) is 3.77. The number of hydrogen-bond donors (Lipinski definition) is 1. The Balaban J connectivity index is 1.36. The van der Waals surface area contributed by atoms with Gasteiger partial charge in [0.15, 0.2) is 11.6 Å². The maximum Gasteiger partial charge on any atom is 0.230 e. The third-order valence-corrected chi connectivity index (χ3v) is 6.70. The molecular formula is C18H21F2NOS. The molecule has 5 rings (SSSR count). The average molecular weight is 337 g/mol. The zero-order chi connectivity index (χ0) is 16.0. The highest BCUT2D eigenvalue weighted by Gasteiger charge is 2.51. The molecular weight excluding hydrogens is 316 g/mol. The Morgan fingerprint density at radius 3 is 2.26 bits per heavy atom. The van der Waals surface area contributed by atoms with Crippen molar-refractivity contribution in [3.05, 3.63) is 29.8 Å². The Bertz CT molecular complexity index is 598. The van der Waals surface area contributed by atoms with Gasteiger partial charge in [-0.1, -0.05) is 0 Å². The second-order valence-electron chi connectivity index (χ2n) is 7.61. The second kappa shape index (κ2) is 5.76. The molecule has 5 heteroatoms. The number of carbonyl (C=O) groups is 1. The summed E-state index contributed by atoms with van der Waals surface area (Å²) in [6.07, 6.45) is 7.41. The van der Waals surface area contributed by atoms with Crippen molar-refractivity contribution < 1.29 is 13.6 Å². The SMILES string of the molecule is O=C(CSc1ccc(F)c(F)c1)NC12CC3CC(CC(C3)C1)C2. The van der Waals surface area contributed by atoms with Gasteiger partial charge in [-0.3, -0.25) is 4.79 Å². The minimum absolute atomic E-state index is 0.0143. The highest BCUT2D eigenvalue weighted by Crippen LogP contribution is 2.55. The molecule has 2 nitrogen and oxygen atoms in total. The minimum Gasteiger partial charge on any atom is -0.350 e. The first-order chi connectivity index (χ1) is 11.0. The molecule has 0 aromatic heterocycles. The van der Waals surface area contributed by atoms with Gasteiger partial charge in [0.05, 0.1) is 5.75 Å². The van der Waals surface area contributed by atoms with E-state index in [1.807, 2.05) is 0 Å². The van der Waals surface area contributed by atoms with E-state index in [1.165, 1.54) is 37.1 Å². The molecule has 0 spiro atoms. The summed E-state index contributed by atoms with van der Waals surface area (Å²) in [6.45, 7) is 0. The highest BCUT2D eigenvalue weighted by molar-refractivity contribution is 8.00. The van der Waals surface area contributed by atoms with Crippen molar-refractivity contribution in [2.24, 2.45) is 17.8 Å². The van der Waals surface area contributed by atoms with Crippen molar-refractivity contribution in [1.29, 1.82) is 0 Å². The van der Waals surface area contributed by atoms with E-state index in [1.54, 1.807) is 0 Å². The highest BCUT2D eigenvalue weighted by atomic mass is 32.2. The molecule has 4 saturated carbocycles. The molecule has 4 bridgehead atoms. The van der Waals surface area contributed by atoms with Crippen molar-refractivity contribution >= 4 is 17.7 Å². The van der Waals surface area contributed by atoms with E-state index in [0.717, 1.165) is 49.1 Å². The maximum absolute atomic E-state index is 13.2. The lowest BCUT2D eigenvalue weighted by Crippen LogP contribution is -2.60.